The zero-order valence-electron chi connectivity index (χ0n) is 11.4. The normalized spacial score (nSPS) is 22.1. The number of nitrogens with zero attached hydrogens (tertiary/aromatic N) is 1. The zero-order valence-corrected chi connectivity index (χ0v) is 11.4. The number of hydrogen-bond acceptors (Lipinski definition) is 4. The maximum absolute atomic E-state index is 12.1. The van der Waals surface area contributed by atoms with Crippen molar-refractivity contribution in [2.24, 2.45) is 11.1 Å². The van der Waals surface area contributed by atoms with Gasteiger partial charge < -0.3 is 15.3 Å². The number of benzene rings is 1. The van der Waals surface area contributed by atoms with Gasteiger partial charge in [-0.2, -0.15) is 0 Å². The number of oxime groups is 1. The molecule has 2 atom stereocenters. The smallest absolute Gasteiger partial charge is 0.326 e. The molecule has 0 bridgehead atoms. The van der Waals surface area contributed by atoms with E-state index < -0.39 is 24.0 Å². The summed E-state index contributed by atoms with van der Waals surface area (Å²) in [6.45, 7) is 0. The summed E-state index contributed by atoms with van der Waals surface area (Å²) >= 11 is 0. The van der Waals surface area contributed by atoms with Gasteiger partial charge in [-0.1, -0.05) is 35.5 Å². The van der Waals surface area contributed by atoms with Crippen LogP contribution < -0.4 is 5.32 Å². The van der Waals surface area contributed by atoms with Crippen molar-refractivity contribution >= 4 is 17.6 Å². The summed E-state index contributed by atoms with van der Waals surface area (Å²) < 4.78 is 0. The Morgan fingerprint density at radius 3 is 2.62 bits per heavy atom. The van der Waals surface area contributed by atoms with Crippen molar-refractivity contribution in [2.45, 2.75) is 31.4 Å². The molecule has 6 heteroatoms. The Bertz CT molecular complexity index is 581. The average molecular weight is 288 g/mol. The van der Waals surface area contributed by atoms with Crippen LogP contribution in [0.5, 0.6) is 0 Å². The van der Waals surface area contributed by atoms with Crippen molar-refractivity contribution < 1.29 is 19.5 Å². The molecule has 0 saturated heterocycles. The molecule has 3 rings (SSSR count). The van der Waals surface area contributed by atoms with E-state index in [0.29, 0.717) is 12.1 Å². The van der Waals surface area contributed by atoms with Gasteiger partial charge in [0.1, 0.15) is 6.04 Å². The van der Waals surface area contributed by atoms with Gasteiger partial charge in [0.05, 0.1) is 5.71 Å². The van der Waals surface area contributed by atoms with Crippen LogP contribution in [-0.4, -0.2) is 34.8 Å². The van der Waals surface area contributed by atoms with Crippen molar-refractivity contribution in [3.63, 3.8) is 0 Å². The van der Waals surface area contributed by atoms with Gasteiger partial charge in [-0.25, -0.2) is 4.79 Å². The lowest BCUT2D eigenvalue weighted by Crippen LogP contribution is -2.46. The van der Waals surface area contributed by atoms with Gasteiger partial charge in [0.25, 0.3) is 5.91 Å². The Balaban J connectivity index is 1.59. The van der Waals surface area contributed by atoms with Gasteiger partial charge in [-0.15, -0.1) is 0 Å². The summed E-state index contributed by atoms with van der Waals surface area (Å²) in [6, 6.07) is 8.65. The SMILES string of the molecule is O=C(NC(C(=O)O)C1CC1)C1CC(c2ccccc2)=NO1. The molecular weight excluding hydrogens is 272 g/mol. The Kier molecular flexibility index (Phi) is 3.60. The third kappa shape index (κ3) is 3.04. The summed E-state index contributed by atoms with van der Waals surface area (Å²) in [5, 5.41) is 15.6. The first-order valence-electron chi connectivity index (χ1n) is 6.96. The molecule has 1 aromatic carbocycles. The van der Waals surface area contributed by atoms with Crippen LogP contribution in [0, 0.1) is 5.92 Å². The lowest BCUT2D eigenvalue weighted by atomic mass is 10.0. The number of aliphatic carboxylic acids is 1. The molecule has 2 aliphatic rings. The maximum Gasteiger partial charge on any atom is 0.326 e. The first kappa shape index (κ1) is 13.6. The molecule has 0 spiro atoms. The van der Waals surface area contributed by atoms with E-state index in [2.05, 4.69) is 10.5 Å². The Morgan fingerprint density at radius 1 is 1.29 bits per heavy atom. The van der Waals surface area contributed by atoms with Gasteiger partial charge >= 0.3 is 5.97 Å². The van der Waals surface area contributed by atoms with Crippen LogP contribution in [-0.2, 0) is 14.4 Å². The highest BCUT2D eigenvalue weighted by Gasteiger charge is 2.39. The third-order valence-electron chi connectivity index (χ3n) is 3.73. The number of rotatable bonds is 5. The van der Waals surface area contributed by atoms with E-state index in [-0.39, 0.29) is 5.92 Å². The van der Waals surface area contributed by atoms with Gasteiger partial charge in [0.15, 0.2) is 0 Å². The standard InChI is InChI=1S/C15H16N2O4/c18-14(16-13(15(19)20)10-6-7-10)12-8-11(17-21-12)9-4-2-1-3-5-9/h1-5,10,12-13H,6-8H2,(H,16,18)(H,19,20). The van der Waals surface area contributed by atoms with Crippen LogP contribution in [0.3, 0.4) is 0 Å². The van der Waals surface area contributed by atoms with Gasteiger partial charge in [0.2, 0.25) is 6.10 Å². The number of hydrogen-bond donors (Lipinski definition) is 2. The average Bonchev–Trinajstić information content (AvgIpc) is 3.20. The Hall–Kier alpha value is -2.37. The van der Waals surface area contributed by atoms with Crippen molar-refractivity contribution in [3.05, 3.63) is 35.9 Å². The highest BCUT2D eigenvalue weighted by atomic mass is 16.6. The van der Waals surface area contributed by atoms with Crippen LogP contribution in [0.15, 0.2) is 35.5 Å². The van der Waals surface area contributed by atoms with E-state index >= 15 is 0 Å². The fourth-order valence-electron chi connectivity index (χ4n) is 2.38. The Morgan fingerprint density at radius 2 is 2.00 bits per heavy atom. The topological polar surface area (TPSA) is 88.0 Å². The van der Waals surface area contributed by atoms with Gasteiger partial charge in [0, 0.05) is 6.42 Å². The van der Waals surface area contributed by atoms with Crippen LogP contribution >= 0.6 is 0 Å². The highest BCUT2D eigenvalue weighted by Crippen LogP contribution is 2.33. The van der Waals surface area contributed by atoms with Crippen LogP contribution in [0.4, 0.5) is 0 Å². The molecule has 6 nitrogen and oxygen atoms in total. The predicted octanol–water partition coefficient (Wildman–Crippen LogP) is 1.16. The minimum absolute atomic E-state index is 0.0439. The second-order valence-corrected chi connectivity index (χ2v) is 5.36. The summed E-state index contributed by atoms with van der Waals surface area (Å²) in [7, 11) is 0. The minimum atomic E-state index is -0.993. The summed E-state index contributed by atoms with van der Waals surface area (Å²) in [5.41, 5.74) is 1.61. The van der Waals surface area contributed by atoms with E-state index in [4.69, 9.17) is 9.94 Å². The van der Waals surface area contributed by atoms with Crippen molar-refractivity contribution in [1.82, 2.24) is 5.32 Å². The minimum Gasteiger partial charge on any atom is -0.480 e. The molecule has 1 saturated carbocycles. The molecular formula is C15H16N2O4. The molecule has 0 radical (unpaired) electrons. The predicted molar refractivity (Wildman–Crippen MR) is 74.8 cm³/mol. The van der Waals surface area contributed by atoms with Crippen molar-refractivity contribution in [2.75, 3.05) is 0 Å². The van der Waals surface area contributed by atoms with Gasteiger partial charge in [-0.3, -0.25) is 4.79 Å². The summed E-state index contributed by atoms with van der Waals surface area (Å²) in [5.74, 6) is -1.36. The van der Waals surface area contributed by atoms with Crippen molar-refractivity contribution in [3.8, 4) is 0 Å². The first-order valence-corrected chi connectivity index (χ1v) is 6.96. The zero-order chi connectivity index (χ0) is 14.8. The fourth-order valence-corrected chi connectivity index (χ4v) is 2.38. The highest BCUT2D eigenvalue weighted by molar-refractivity contribution is 6.04. The fraction of sp³-hybridized carbons (Fsp3) is 0.400. The lowest BCUT2D eigenvalue weighted by Gasteiger charge is -2.15. The summed E-state index contributed by atoms with van der Waals surface area (Å²) in [4.78, 5) is 28.4. The molecule has 110 valence electrons. The summed E-state index contributed by atoms with van der Waals surface area (Å²) in [6.07, 6.45) is 1.29. The molecule has 1 fully saturated rings. The number of carboxylic acid groups (broad SMARTS) is 1. The number of amides is 1. The molecule has 21 heavy (non-hydrogen) atoms. The van der Waals surface area contributed by atoms with Gasteiger partial charge in [-0.05, 0) is 24.3 Å². The molecule has 1 heterocycles. The molecule has 1 amide bonds. The largest absolute Gasteiger partial charge is 0.480 e. The second-order valence-electron chi connectivity index (χ2n) is 5.36. The van der Waals surface area contributed by atoms with E-state index in [0.717, 1.165) is 18.4 Å². The number of carbonyl (C=O) groups excluding carboxylic acids is 1. The monoisotopic (exact) mass is 288 g/mol. The van der Waals surface area contributed by atoms with Crippen LogP contribution in [0.1, 0.15) is 24.8 Å². The molecule has 0 aromatic heterocycles. The quantitative estimate of drug-likeness (QED) is 0.851. The van der Waals surface area contributed by atoms with E-state index in [9.17, 15) is 9.59 Å². The lowest BCUT2D eigenvalue weighted by molar-refractivity contribution is -0.144. The molecule has 1 aliphatic carbocycles. The Labute approximate surface area is 121 Å². The number of carbonyl (C=O) groups is 2. The molecule has 2 unspecified atom stereocenters. The second kappa shape index (κ2) is 5.55. The van der Waals surface area contributed by atoms with Crippen molar-refractivity contribution in [1.29, 1.82) is 0 Å². The first-order chi connectivity index (χ1) is 10.1. The maximum atomic E-state index is 12.1. The molecule has 1 aliphatic heterocycles. The number of nitrogens with one attached hydrogen (secondary N) is 1. The molecule has 2 N–H and O–H groups in total. The molecule has 1 aromatic rings. The number of carboxylic acids is 1. The van der Waals surface area contributed by atoms with Crippen LogP contribution in [0.2, 0.25) is 0 Å². The van der Waals surface area contributed by atoms with E-state index in [1.807, 2.05) is 30.3 Å². The third-order valence-corrected chi connectivity index (χ3v) is 3.73. The van der Waals surface area contributed by atoms with E-state index in [1.165, 1.54) is 0 Å². The van der Waals surface area contributed by atoms with Crippen LogP contribution in [0.25, 0.3) is 0 Å². The van der Waals surface area contributed by atoms with E-state index in [1.54, 1.807) is 0 Å².